The Balaban J connectivity index is 2.61. The molecule has 5 heteroatoms. The summed E-state index contributed by atoms with van der Waals surface area (Å²) in [7, 11) is 3.05. The molecule has 0 radical (unpaired) electrons. The van der Waals surface area contributed by atoms with Gasteiger partial charge in [0, 0.05) is 15.6 Å². The van der Waals surface area contributed by atoms with Gasteiger partial charge < -0.3 is 14.6 Å². The molecule has 2 rings (SSSR count). The third-order valence-corrected chi connectivity index (χ3v) is 3.67. The molecule has 3 nitrogen and oxygen atoms in total. The molecule has 0 aromatic heterocycles. The molecule has 1 atom stereocenters. The fraction of sp³-hybridized carbons (Fsp3) is 0.200. The Kier molecular flexibility index (Phi) is 4.76. The lowest BCUT2D eigenvalue weighted by Gasteiger charge is -2.20. The number of hydrogen-bond acceptors (Lipinski definition) is 3. The molecular formula is C15H14Cl2O3. The summed E-state index contributed by atoms with van der Waals surface area (Å²) in [5.41, 5.74) is 0.922. The molecule has 0 saturated carbocycles. The van der Waals surface area contributed by atoms with E-state index in [-0.39, 0.29) is 0 Å². The van der Waals surface area contributed by atoms with E-state index >= 15 is 0 Å². The fourth-order valence-corrected chi connectivity index (χ4v) is 2.67. The van der Waals surface area contributed by atoms with Crippen molar-refractivity contribution in [2.45, 2.75) is 6.10 Å². The van der Waals surface area contributed by atoms with Crippen molar-refractivity contribution in [2.24, 2.45) is 0 Å². The van der Waals surface area contributed by atoms with E-state index in [0.29, 0.717) is 32.7 Å². The monoisotopic (exact) mass is 312 g/mol. The summed E-state index contributed by atoms with van der Waals surface area (Å²) < 4.78 is 10.6. The van der Waals surface area contributed by atoms with Gasteiger partial charge in [-0.05, 0) is 24.3 Å². The van der Waals surface area contributed by atoms with Crippen LogP contribution in [-0.2, 0) is 0 Å². The van der Waals surface area contributed by atoms with Crippen LogP contribution in [0.5, 0.6) is 11.5 Å². The topological polar surface area (TPSA) is 38.7 Å². The predicted octanol–water partition coefficient (Wildman–Crippen LogP) is 4.09. The first-order valence-corrected chi connectivity index (χ1v) is 6.68. The van der Waals surface area contributed by atoms with E-state index < -0.39 is 6.10 Å². The third-order valence-electron chi connectivity index (χ3n) is 3.01. The maximum Gasteiger partial charge on any atom is 0.128 e. The van der Waals surface area contributed by atoms with Gasteiger partial charge in [0.2, 0.25) is 0 Å². The Morgan fingerprint density at radius 2 is 1.30 bits per heavy atom. The Morgan fingerprint density at radius 1 is 0.850 bits per heavy atom. The van der Waals surface area contributed by atoms with Gasteiger partial charge in [-0.1, -0.05) is 35.3 Å². The molecule has 0 heterocycles. The zero-order valence-corrected chi connectivity index (χ0v) is 12.6. The van der Waals surface area contributed by atoms with Crippen LogP contribution < -0.4 is 9.47 Å². The van der Waals surface area contributed by atoms with Crippen molar-refractivity contribution in [1.82, 2.24) is 0 Å². The lowest BCUT2D eigenvalue weighted by molar-refractivity contribution is 0.209. The number of benzene rings is 2. The van der Waals surface area contributed by atoms with Gasteiger partial charge in [0.25, 0.3) is 0 Å². The van der Waals surface area contributed by atoms with Crippen molar-refractivity contribution in [2.75, 3.05) is 14.2 Å². The highest BCUT2D eigenvalue weighted by Gasteiger charge is 2.24. The number of aliphatic hydroxyl groups excluding tert-OH is 1. The third kappa shape index (κ3) is 2.70. The Hall–Kier alpha value is -1.42. The molecule has 2 aromatic carbocycles. The van der Waals surface area contributed by atoms with Gasteiger partial charge >= 0.3 is 0 Å². The normalized spacial score (nSPS) is 12.1. The lowest BCUT2D eigenvalue weighted by atomic mass is 9.99. The van der Waals surface area contributed by atoms with Crippen LogP contribution in [-0.4, -0.2) is 19.3 Å². The molecule has 2 aromatic rings. The smallest absolute Gasteiger partial charge is 0.128 e. The van der Waals surface area contributed by atoms with Crippen LogP contribution in [0.25, 0.3) is 0 Å². The average molecular weight is 313 g/mol. The van der Waals surface area contributed by atoms with Gasteiger partial charge in [0.05, 0.1) is 19.8 Å². The maximum absolute atomic E-state index is 10.6. The van der Waals surface area contributed by atoms with Gasteiger partial charge in [-0.2, -0.15) is 0 Å². The van der Waals surface area contributed by atoms with E-state index in [1.165, 1.54) is 14.2 Å². The zero-order valence-electron chi connectivity index (χ0n) is 11.1. The number of halogens is 2. The predicted molar refractivity (Wildman–Crippen MR) is 80.1 cm³/mol. The molecule has 0 aliphatic heterocycles. The number of methoxy groups -OCH3 is 2. The summed E-state index contributed by atoms with van der Waals surface area (Å²) in [6.45, 7) is 0. The molecule has 0 spiro atoms. The van der Waals surface area contributed by atoms with E-state index in [1.807, 2.05) is 0 Å². The number of ether oxygens (including phenoxy) is 2. The fourth-order valence-electron chi connectivity index (χ4n) is 2.07. The highest BCUT2D eigenvalue weighted by Crippen LogP contribution is 2.41. The molecule has 0 amide bonds. The van der Waals surface area contributed by atoms with Crippen LogP contribution in [0.2, 0.25) is 10.0 Å². The van der Waals surface area contributed by atoms with Crippen molar-refractivity contribution >= 4 is 23.2 Å². The minimum absolute atomic E-state index is 0.387. The second kappa shape index (κ2) is 6.35. The second-order valence-electron chi connectivity index (χ2n) is 4.11. The summed E-state index contributed by atoms with van der Waals surface area (Å²) in [5.74, 6) is 1.01. The Labute approximate surface area is 127 Å². The van der Waals surface area contributed by atoms with Crippen LogP contribution in [0.1, 0.15) is 17.2 Å². The van der Waals surface area contributed by atoms with Crippen molar-refractivity contribution in [3.05, 3.63) is 57.6 Å². The standard InChI is InChI=1S/C15H14Cl2O3/c1-19-11-7-4-8-12(20-2)14(11)15(18)13-9(16)5-3-6-10(13)17/h3-8,15,18H,1-2H3. The average Bonchev–Trinajstić information content (AvgIpc) is 2.45. The van der Waals surface area contributed by atoms with Crippen LogP contribution in [0.3, 0.4) is 0 Å². The quantitative estimate of drug-likeness (QED) is 0.924. The first-order valence-electron chi connectivity index (χ1n) is 5.93. The van der Waals surface area contributed by atoms with Crippen molar-refractivity contribution in [3.8, 4) is 11.5 Å². The molecule has 1 unspecified atom stereocenters. The SMILES string of the molecule is COc1cccc(OC)c1C(O)c1c(Cl)cccc1Cl. The summed E-state index contributed by atoms with van der Waals surface area (Å²) >= 11 is 12.3. The first kappa shape index (κ1) is 15.0. The van der Waals surface area contributed by atoms with Crippen LogP contribution in [0.4, 0.5) is 0 Å². The van der Waals surface area contributed by atoms with E-state index in [0.717, 1.165) is 0 Å². The maximum atomic E-state index is 10.6. The molecule has 0 aliphatic rings. The van der Waals surface area contributed by atoms with Gasteiger partial charge in [-0.15, -0.1) is 0 Å². The number of aliphatic hydroxyl groups is 1. The Morgan fingerprint density at radius 3 is 1.75 bits per heavy atom. The summed E-state index contributed by atoms with van der Waals surface area (Å²) in [4.78, 5) is 0. The highest BCUT2D eigenvalue weighted by molar-refractivity contribution is 6.36. The summed E-state index contributed by atoms with van der Waals surface area (Å²) in [5, 5.41) is 11.4. The van der Waals surface area contributed by atoms with E-state index in [9.17, 15) is 5.11 Å². The minimum atomic E-state index is -1.04. The van der Waals surface area contributed by atoms with Crippen LogP contribution >= 0.6 is 23.2 Å². The van der Waals surface area contributed by atoms with Crippen LogP contribution in [0.15, 0.2) is 36.4 Å². The van der Waals surface area contributed by atoms with Crippen molar-refractivity contribution in [3.63, 3.8) is 0 Å². The van der Waals surface area contributed by atoms with E-state index in [1.54, 1.807) is 36.4 Å². The zero-order chi connectivity index (χ0) is 14.7. The summed E-state index contributed by atoms with van der Waals surface area (Å²) in [6.07, 6.45) is -1.04. The Bertz CT molecular complexity index is 572. The number of hydrogen-bond donors (Lipinski definition) is 1. The first-order chi connectivity index (χ1) is 9.60. The van der Waals surface area contributed by atoms with Gasteiger partial charge in [-0.3, -0.25) is 0 Å². The molecule has 20 heavy (non-hydrogen) atoms. The molecule has 0 saturated heterocycles. The molecule has 1 N–H and O–H groups in total. The number of rotatable bonds is 4. The molecular weight excluding hydrogens is 299 g/mol. The molecule has 0 fully saturated rings. The summed E-state index contributed by atoms with van der Waals surface area (Å²) in [6, 6.07) is 10.3. The highest BCUT2D eigenvalue weighted by atomic mass is 35.5. The molecule has 0 bridgehead atoms. The molecule has 106 valence electrons. The largest absolute Gasteiger partial charge is 0.496 e. The van der Waals surface area contributed by atoms with Crippen molar-refractivity contribution in [1.29, 1.82) is 0 Å². The van der Waals surface area contributed by atoms with E-state index in [2.05, 4.69) is 0 Å². The lowest BCUT2D eigenvalue weighted by Crippen LogP contribution is -2.06. The van der Waals surface area contributed by atoms with E-state index in [4.69, 9.17) is 32.7 Å². The van der Waals surface area contributed by atoms with Gasteiger partial charge in [-0.25, -0.2) is 0 Å². The van der Waals surface area contributed by atoms with Crippen LogP contribution in [0, 0.1) is 0 Å². The van der Waals surface area contributed by atoms with Gasteiger partial charge in [0.15, 0.2) is 0 Å². The minimum Gasteiger partial charge on any atom is -0.496 e. The molecule has 0 aliphatic carbocycles. The van der Waals surface area contributed by atoms with Gasteiger partial charge in [0.1, 0.15) is 17.6 Å². The second-order valence-corrected chi connectivity index (χ2v) is 4.93. The van der Waals surface area contributed by atoms with Crippen molar-refractivity contribution < 1.29 is 14.6 Å².